The van der Waals surface area contributed by atoms with Crippen LogP contribution in [0, 0.1) is 0 Å². The molecule has 0 spiro atoms. The number of nitrogens with one attached hydrogen (secondary N) is 1. The minimum Gasteiger partial charge on any atom is -0.508 e. The van der Waals surface area contributed by atoms with E-state index in [2.05, 4.69) is 12.2 Å². The molecule has 0 aromatic heterocycles. The van der Waals surface area contributed by atoms with Gasteiger partial charge in [0.2, 0.25) is 5.91 Å². The summed E-state index contributed by atoms with van der Waals surface area (Å²) < 4.78 is 0. The van der Waals surface area contributed by atoms with E-state index in [9.17, 15) is 9.90 Å². The lowest BCUT2D eigenvalue weighted by Gasteiger charge is -2.13. The van der Waals surface area contributed by atoms with Gasteiger partial charge in [-0.25, -0.2) is 0 Å². The first-order valence-corrected chi connectivity index (χ1v) is 8.41. The Morgan fingerprint density at radius 1 is 1.35 bits per heavy atom. The Bertz CT molecular complexity index is 433. The number of hydrogen-bond donors (Lipinski definition) is 2. The first-order chi connectivity index (χ1) is 9.67. The lowest BCUT2D eigenvalue weighted by molar-refractivity contribution is -0.121. The first-order valence-electron chi connectivity index (χ1n) is 7.36. The zero-order chi connectivity index (χ0) is 14.4. The average Bonchev–Trinajstić information content (AvgIpc) is 2.86. The highest BCUT2D eigenvalue weighted by Gasteiger charge is 2.25. The van der Waals surface area contributed by atoms with Gasteiger partial charge in [-0.15, -0.1) is 0 Å². The number of hydrogen-bond acceptors (Lipinski definition) is 3. The van der Waals surface area contributed by atoms with Crippen molar-refractivity contribution >= 4 is 17.7 Å². The molecule has 1 fully saturated rings. The van der Waals surface area contributed by atoms with Gasteiger partial charge in [-0.1, -0.05) is 19.1 Å². The Morgan fingerprint density at radius 3 is 2.80 bits per heavy atom. The summed E-state index contributed by atoms with van der Waals surface area (Å²) in [5.41, 5.74) is 1.09. The van der Waals surface area contributed by atoms with Gasteiger partial charge >= 0.3 is 0 Å². The summed E-state index contributed by atoms with van der Waals surface area (Å²) in [6, 6.07) is 7.43. The molecule has 1 aliphatic carbocycles. The molecule has 2 N–H and O–H groups in total. The molecular formula is C16H23NO2S. The molecule has 2 unspecified atom stereocenters. The van der Waals surface area contributed by atoms with Crippen LogP contribution in [0.3, 0.4) is 0 Å². The fourth-order valence-electron chi connectivity index (χ4n) is 2.68. The van der Waals surface area contributed by atoms with Crippen LogP contribution in [0.25, 0.3) is 0 Å². The molecule has 0 saturated heterocycles. The predicted molar refractivity (Wildman–Crippen MR) is 84.1 cm³/mol. The standard InChI is InChI=1S/C16H23NO2S/c1-2-20-15-9-6-13(11-15)17-16(19)10-5-12-3-7-14(18)8-4-12/h3-4,7-8,13,15,18H,2,5-6,9-11H2,1H3,(H,17,19). The van der Waals surface area contributed by atoms with Crippen LogP contribution in [0.2, 0.25) is 0 Å². The smallest absolute Gasteiger partial charge is 0.220 e. The molecular weight excluding hydrogens is 270 g/mol. The van der Waals surface area contributed by atoms with Gasteiger partial charge in [-0.05, 0) is 49.1 Å². The van der Waals surface area contributed by atoms with Crippen molar-refractivity contribution in [1.82, 2.24) is 5.32 Å². The van der Waals surface area contributed by atoms with Crippen LogP contribution in [-0.2, 0) is 11.2 Å². The number of carbonyl (C=O) groups is 1. The molecule has 1 amide bonds. The van der Waals surface area contributed by atoms with Crippen molar-refractivity contribution in [3.05, 3.63) is 29.8 Å². The zero-order valence-electron chi connectivity index (χ0n) is 12.0. The molecule has 0 heterocycles. The van der Waals surface area contributed by atoms with Gasteiger partial charge in [0.25, 0.3) is 0 Å². The molecule has 0 aliphatic heterocycles. The topological polar surface area (TPSA) is 49.3 Å². The van der Waals surface area contributed by atoms with Crippen molar-refractivity contribution in [3.8, 4) is 5.75 Å². The third-order valence-corrected chi connectivity index (χ3v) is 4.96. The van der Waals surface area contributed by atoms with Gasteiger partial charge in [0.1, 0.15) is 5.75 Å². The molecule has 1 aromatic rings. The highest BCUT2D eigenvalue weighted by Crippen LogP contribution is 2.29. The van der Waals surface area contributed by atoms with E-state index in [0.717, 1.165) is 35.8 Å². The quantitative estimate of drug-likeness (QED) is 0.847. The highest BCUT2D eigenvalue weighted by molar-refractivity contribution is 7.99. The lowest BCUT2D eigenvalue weighted by Crippen LogP contribution is -2.33. The Hall–Kier alpha value is -1.16. The first kappa shape index (κ1) is 15.2. The lowest BCUT2D eigenvalue weighted by atomic mass is 10.1. The van der Waals surface area contributed by atoms with Crippen molar-refractivity contribution in [2.75, 3.05) is 5.75 Å². The SMILES string of the molecule is CCSC1CCC(NC(=O)CCc2ccc(O)cc2)C1. The van der Waals surface area contributed by atoms with Crippen molar-refractivity contribution in [2.45, 2.75) is 50.3 Å². The second-order valence-electron chi connectivity index (χ2n) is 5.32. The van der Waals surface area contributed by atoms with Crippen LogP contribution in [0.5, 0.6) is 5.75 Å². The van der Waals surface area contributed by atoms with E-state index in [-0.39, 0.29) is 11.7 Å². The van der Waals surface area contributed by atoms with Gasteiger partial charge in [-0.2, -0.15) is 11.8 Å². The molecule has 0 bridgehead atoms. The summed E-state index contributed by atoms with van der Waals surface area (Å²) >= 11 is 2.01. The van der Waals surface area contributed by atoms with Crippen LogP contribution >= 0.6 is 11.8 Å². The third-order valence-electron chi connectivity index (χ3n) is 3.73. The van der Waals surface area contributed by atoms with Crippen molar-refractivity contribution < 1.29 is 9.90 Å². The molecule has 4 heteroatoms. The minimum absolute atomic E-state index is 0.144. The fraction of sp³-hybridized carbons (Fsp3) is 0.562. The van der Waals surface area contributed by atoms with Gasteiger partial charge in [0, 0.05) is 17.7 Å². The molecule has 3 nitrogen and oxygen atoms in total. The normalized spacial score (nSPS) is 21.9. The number of phenolic OH excluding ortho intramolecular Hbond substituents is 1. The van der Waals surface area contributed by atoms with Crippen LogP contribution in [-0.4, -0.2) is 28.1 Å². The van der Waals surface area contributed by atoms with E-state index >= 15 is 0 Å². The summed E-state index contributed by atoms with van der Waals surface area (Å²) in [4.78, 5) is 11.9. The Morgan fingerprint density at radius 2 is 2.10 bits per heavy atom. The van der Waals surface area contributed by atoms with Crippen LogP contribution in [0.1, 0.15) is 38.2 Å². The van der Waals surface area contributed by atoms with Gasteiger partial charge in [0.15, 0.2) is 0 Å². The van der Waals surface area contributed by atoms with Crippen LogP contribution in [0.4, 0.5) is 0 Å². The number of carbonyl (C=O) groups excluding carboxylic acids is 1. The Labute approximate surface area is 125 Å². The molecule has 1 saturated carbocycles. The summed E-state index contributed by atoms with van der Waals surface area (Å²) in [6.45, 7) is 2.19. The van der Waals surface area contributed by atoms with E-state index in [0.29, 0.717) is 12.5 Å². The number of benzene rings is 1. The zero-order valence-corrected chi connectivity index (χ0v) is 12.8. The van der Waals surface area contributed by atoms with E-state index < -0.39 is 0 Å². The predicted octanol–water partition coefficient (Wildman–Crippen LogP) is 3.12. The average molecular weight is 293 g/mol. The molecule has 110 valence electrons. The largest absolute Gasteiger partial charge is 0.508 e. The highest BCUT2D eigenvalue weighted by atomic mass is 32.2. The molecule has 20 heavy (non-hydrogen) atoms. The Kier molecular flexibility index (Phi) is 5.77. The number of amides is 1. The van der Waals surface area contributed by atoms with Gasteiger partial charge < -0.3 is 10.4 Å². The fourth-order valence-corrected chi connectivity index (χ4v) is 3.82. The third kappa shape index (κ3) is 4.75. The monoisotopic (exact) mass is 293 g/mol. The maximum atomic E-state index is 11.9. The second-order valence-corrected chi connectivity index (χ2v) is 6.90. The minimum atomic E-state index is 0.144. The van der Waals surface area contributed by atoms with E-state index in [1.165, 1.54) is 6.42 Å². The summed E-state index contributed by atoms with van der Waals surface area (Å²) in [5, 5.41) is 13.1. The van der Waals surface area contributed by atoms with Crippen molar-refractivity contribution in [3.63, 3.8) is 0 Å². The van der Waals surface area contributed by atoms with Gasteiger partial charge in [-0.3, -0.25) is 4.79 Å². The second kappa shape index (κ2) is 7.58. The van der Waals surface area contributed by atoms with Crippen molar-refractivity contribution in [2.24, 2.45) is 0 Å². The summed E-state index contributed by atoms with van der Waals surface area (Å²) in [6.07, 6.45) is 4.70. The van der Waals surface area contributed by atoms with E-state index in [1.807, 2.05) is 23.9 Å². The van der Waals surface area contributed by atoms with Crippen LogP contribution in [0.15, 0.2) is 24.3 Å². The molecule has 1 aromatic carbocycles. The number of thioether (sulfide) groups is 1. The summed E-state index contributed by atoms with van der Waals surface area (Å²) in [5.74, 6) is 1.57. The Balaban J connectivity index is 1.69. The molecule has 2 atom stereocenters. The maximum absolute atomic E-state index is 11.9. The number of aryl methyl sites for hydroxylation is 1. The maximum Gasteiger partial charge on any atom is 0.220 e. The number of rotatable bonds is 6. The molecule has 1 aliphatic rings. The van der Waals surface area contributed by atoms with Gasteiger partial charge in [0.05, 0.1) is 0 Å². The molecule has 0 radical (unpaired) electrons. The van der Waals surface area contributed by atoms with Crippen LogP contribution < -0.4 is 5.32 Å². The number of aromatic hydroxyl groups is 1. The number of phenols is 1. The van der Waals surface area contributed by atoms with E-state index in [1.54, 1.807) is 12.1 Å². The van der Waals surface area contributed by atoms with Crippen molar-refractivity contribution in [1.29, 1.82) is 0 Å². The van der Waals surface area contributed by atoms with E-state index in [4.69, 9.17) is 0 Å². The summed E-state index contributed by atoms with van der Waals surface area (Å²) in [7, 11) is 0. The molecule has 2 rings (SSSR count).